The fourth-order valence-corrected chi connectivity index (χ4v) is 1.29. The number of urea groups is 2. The number of nitrogens with two attached hydrogens (primary N) is 4. The van der Waals surface area contributed by atoms with Gasteiger partial charge < -0.3 is 16.6 Å². The Morgan fingerprint density at radius 2 is 1.45 bits per heavy atom. The van der Waals surface area contributed by atoms with E-state index in [4.69, 9.17) is 39.9 Å². The molecule has 1 aromatic rings. The van der Waals surface area contributed by atoms with Crippen LogP contribution in [0.15, 0.2) is 0 Å². The molecule has 0 aliphatic heterocycles. The zero-order valence-electron chi connectivity index (χ0n) is 9.65. The van der Waals surface area contributed by atoms with Crippen LogP contribution in [0.4, 0.5) is 21.2 Å². The van der Waals surface area contributed by atoms with Gasteiger partial charge >= 0.3 is 18.0 Å². The highest BCUT2D eigenvalue weighted by molar-refractivity contribution is 6.32. The van der Waals surface area contributed by atoms with E-state index in [0.29, 0.717) is 5.01 Å². The number of aromatic carboxylic acids is 1. The fraction of sp³-hybridized carbons (Fsp3) is 0. The molecule has 0 aliphatic carbocycles. The van der Waals surface area contributed by atoms with Crippen molar-refractivity contribution in [2.24, 2.45) is 23.2 Å². The summed E-state index contributed by atoms with van der Waals surface area (Å²) >= 11 is 5.63. The first-order valence-electron chi connectivity index (χ1n) is 4.66. The summed E-state index contributed by atoms with van der Waals surface area (Å²) in [5.41, 5.74) is 9.03. The molecule has 1 aromatic heterocycles. The lowest BCUT2D eigenvalue weighted by Gasteiger charge is -2.19. The topological polar surface area (TPSA) is 208 Å². The van der Waals surface area contributed by atoms with Gasteiger partial charge in [-0.15, -0.1) is 0 Å². The molecule has 0 fully saturated rings. The van der Waals surface area contributed by atoms with Crippen LogP contribution in [0.25, 0.3) is 0 Å². The second-order valence-corrected chi connectivity index (χ2v) is 3.59. The van der Waals surface area contributed by atoms with Crippen LogP contribution >= 0.6 is 11.6 Å². The lowest BCUT2D eigenvalue weighted by Crippen LogP contribution is -2.45. The van der Waals surface area contributed by atoms with Crippen LogP contribution in [0.2, 0.25) is 5.15 Å². The van der Waals surface area contributed by atoms with Crippen LogP contribution in [-0.2, 0) is 0 Å². The number of amides is 4. The van der Waals surface area contributed by atoms with Gasteiger partial charge in [-0.2, -0.15) is 0 Å². The number of primary amides is 2. The molecule has 4 amide bonds. The largest absolute Gasteiger partial charge is 0.476 e. The van der Waals surface area contributed by atoms with Gasteiger partial charge in [0.2, 0.25) is 0 Å². The van der Waals surface area contributed by atoms with Crippen LogP contribution in [0, 0.1) is 0 Å². The summed E-state index contributed by atoms with van der Waals surface area (Å²) in [4.78, 5) is 39.9. The molecule has 108 valence electrons. The highest BCUT2D eigenvalue weighted by Gasteiger charge is 2.26. The summed E-state index contributed by atoms with van der Waals surface area (Å²) in [6.45, 7) is 0. The number of aromatic nitrogens is 2. The molecule has 9 N–H and O–H groups in total. The van der Waals surface area contributed by atoms with Crippen molar-refractivity contribution in [2.75, 3.05) is 10.0 Å². The first kappa shape index (κ1) is 15.4. The van der Waals surface area contributed by atoms with Gasteiger partial charge in [-0.1, -0.05) is 11.6 Å². The Hall–Kier alpha value is -2.70. The van der Waals surface area contributed by atoms with Crippen molar-refractivity contribution < 1.29 is 19.5 Å². The van der Waals surface area contributed by atoms with E-state index in [9.17, 15) is 14.4 Å². The Balaban J connectivity index is 3.53. The minimum absolute atomic E-state index is 0.200. The van der Waals surface area contributed by atoms with Crippen molar-refractivity contribution in [1.29, 1.82) is 0 Å². The van der Waals surface area contributed by atoms with Crippen LogP contribution in [0.3, 0.4) is 0 Å². The lowest BCUT2D eigenvalue weighted by atomic mass is 10.4. The number of carboxylic acid groups (broad SMARTS) is 1. The number of hydrogen-bond donors (Lipinski definition) is 5. The molecule has 0 atom stereocenters. The summed E-state index contributed by atoms with van der Waals surface area (Å²) < 4.78 is 0. The zero-order valence-corrected chi connectivity index (χ0v) is 10.4. The van der Waals surface area contributed by atoms with Crippen molar-refractivity contribution in [1.82, 2.24) is 9.97 Å². The van der Waals surface area contributed by atoms with E-state index < -0.39 is 40.5 Å². The van der Waals surface area contributed by atoms with E-state index in [1.807, 2.05) is 0 Å². The summed E-state index contributed by atoms with van der Waals surface area (Å²) in [5.74, 6) is 7.75. The maximum atomic E-state index is 11.0. The number of hydrazine groups is 2. The Morgan fingerprint density at radius 3 is 1.85 bits per heavy atom. The maximum Gasteiger partial charge on any atom is 0.358 e. The molecule has 0 saturated carbocycles. The van der Waals surface area contributed by atoms with Crippen LogP contribution in [0.5, 0.6) is 0 Å². The standard InChI is InChI=1S/C7H9ClN8O4/c8-2-4(16(12)7(10)20)14-3(15(11)6(9)19)1(13-2)5(17)18/h11-12H2,(H2,9,19)(H2,10,20)(H,17,18). The second kappa shape index (κ2) is 5.52. The van der Waals surface area contributed by atoms with Gasteiger partial charge in [-0.25, -0.2) is 46.1 Å². The lowest BCUT2D eigenvalue weighted by molar-refractivity contribution is 0.0691. The molecule has 0 aliphatic rings. The van der Waals surface area contributed by atoms with Gasteiger partial charge in [0, 0.05) is 0 Å². The normalized spacial score (nSPS) is 9.95. The van der Waals surface area contributed by atoms with E-state index in [2.05, 4.69) is 9.97 Å². The number of carbonyl (C=O) groups is 3. The van der Waals surface area contributed by atoms with Gasteiger partial charge in [0.15, 0.2) is 22.5 Å². The summed E-state index contributed by atoms with van der Waals surface area (Å²) in [5, 5.41) is 8.88. The minimum atomic E-state index is -1.58. The fourth-order valence-electron chi connectivity index (χ4n) is 1.07. The minimum Gasteiger partial charge on any atom is -0.476 e. The molecule has 0 bridgehead atoms. The molecular weight excluding hydrogens is 296 g/mol. The zero-order chi connectivity index (χ0) is 15.6. The van der Waals surface area contributed by atoms with Crippen molar-refractivity contribution in [3.8, 4) is 0 Å². The van der Waals surface area contributed by atoms with Gasteiger partial charge in [0.1, 0.15) is 0 Å². The number of carbonyl (C=O) groups excluding carboxylic acids is 2. The summed E-state index contributed by atoms with van der Waals surface area (Å²) in [6, 6.07) is -2.38. The Labute approximate surface area is 115 Å². The van der Waals surface area contributed by atoms with Crippen LogP contribution in [0.1, 0.15) is 10.5 Å². The first-order valence-corrected chi connectivity index (χ1v) is 5.04. The SMILES string of the molecule is NC(=O)N(N)c1nc(N(N)C(N)=O)c(C(=O)O)nc1Cl. The van der Waals surface area contributed by atoms with E-state index in [0.717, 1.165) is 0 Å². The van der Waals surface area contributed by atoms with Gasteiger partial charge in [0.05, 0.1) is 0 Å². The molecule has 12 nitrogen and oxygen atoms in total. The van der Waals surface area contributed by atoms with E-state index in [1.165, 1.54) is 0 Å². The maximum absolute atomic E-state index is 11.0. The Morgan fingerprint density at radius 1 is 1.00 bits per heavy atom. The van der Waals surface area contributed by atoms with E-state index in [-0.39, 0.29) is 5.01 Å². The molecule has 1 rings (SSSR count). The van der Waals surface area contributed by atoms with E-state index in [1.54, 1.807) is 0 Å². The molecular formula is C7H9ClN8O4. The van der Waals surface area contributed by atoms with E-state index >= 15 is 0 Å². The quantitative estimate of drug-likeness (QED) is 0.247. The van der Waals surface area contributed by atoms with Gasteiger partial charge in [-0.05, 0) is 0 Å². The number of anilines is 2. The number of hydrogen-bond acceptors (Lipinski definition) is 7. The molecule has 20 heavy (non-hydrogen) atoms. The average Bonchev–Trinajstić information content (AvgIpc) is 2.36. The van der Waals surface area contributed by atoms with Crippen molar-refractivity contribution in [3.05, 3.63) is 10.8 Å². The molecule has 0 unspecified atom stereocenters. The molecule has 13 heteroatoms. The van der Waals surface area contributed by atoms with Gasteiger partial charge in [0.25, 0.3) is 0 Å². The first-order chi connectivity index (χ1) is 9.16. The molecule has 0 spiro atoms. The molecule has 0 radical (unpaired) electrons. The Bertz CT molecular complexity index is 592. The monoisotopic (exact) mass is 304 g/mol. The third kappa shape index (κ3) is 2.82. The predicted octanol–water partition coefficient (Wildman–Crippen LogP) is -1.65. The van der Waals surface area contributed by atoms with Crippen LogP contribution in [-0.4, -0.2) is 33.1 Å². The third-order valence-corrected chi connectivity index (χ3v) is 2.21. The molecule has 1 heterocycles. The van der Waals surface area contributed by atoms with Crippen molar-refractivity contribution in [2.45, 2.75) is 0 Å². The summed E-state index contributed by atoms with van der Waals surface area (Å²) in [6.07, 6.45) is 0. The summed E-state index contributed by atoms with van der Waals surface area (Å²) in [7, 11) is 0. The molecule has 0 aromatic carbocycles. The number of carboxylic acids is 1. The second-order valence-electron chi connectivity index (χ2n) is 3.23. The van der Waals surface area contributed by atoms with Gasteiger partial charge in [-0.3, -0.25) is 0 Å². The number of nitrogens with zero attached hydrogens (tertiary/aromatic N) is 4. The molecule has 0 saturated heterocycles. The van der Waals surface area contributed by atoms with Crippen molar-refractivity contribution >= 4 is 41.3 Å². The highest BCUT2D eigenvalue weighted by atomic mass is 35.5. The van der Waals surface area contributed by atoms with Crippen LogP contribution < -0.4 is 33.2 Å². The Kier molecular flexibility index (Phi) is 4.24. The predicted molar refractivity (Wildman–Crippen MR) is 66.5 cm³/mol. The smallest absolute Gasteiger partial charge is 0.358 e. The number of halogens is 1. The number of rotatable bonds is 3. The average molecular weight is 305 g/mol. The highest BCUT2D eigenvalue weighted by Crippen LogP contribution is 2.25. The third-order valence-electron chi connectivity index (χ3n) is 1.95. The van der Waals surface area contributed by atoms with Crippen molar-refractivity contribution in [3.63, 3.8) is 0 Å².